The van der Waals surface area contributed by atoms with Crippen LogP contribution in [0.1, 0.15) is 38.3 Å². The van der Waals surface area contributed by atoms with Gasteiger partial charge in [-0.2, -0.15) is 8.78 Å². The van der Waals surface area contributed by atoms with Crippen LogP contribution >= 0.6 is 12.4 Å². The fraction of sp³-hybridized carbons (Fsp3) is 0.562. The fourth-order valence-corrected chi connectivity index (χ4v) is 2.72. The van der Waals surface area contributed by atoms with Crippen molar-refractivity contribution in [2.45, 2.75) is 45.4 Å². The Labute approximate surface area is 141 Å². The normalized spacial score (nSPS) is 22.1. The number of rotatable bonds is 5. The quantitative estimate of drug-likeness (QED) is 0.858. The smallest absolute Gasteiger partial charge is 0.387 e. The zero-order valence-corrected chi connectivity index (χ0v) is 14.0. The molecule has 1 fully saturated rings. The number of piperidine rings is 1. The van der Waals surface area contributed by atoms with E-state index in [0.717, 1.165) is 24.9 Å². The molecule has 0 radical (unpaired) electrons. The van der Waals surface area contributed by atoms with Gasteiger partial charge < -0.3 is 15.4 Å². The van der Waals surface area contributed by atoms with E-state index < -0.39 is 6.61 Å². The number of carbonyl (C=O) groups is 1. The lowest BCUT2D eigenvalue weighted by Crippen LogP contribution is -2.42. The molecule has 0 aromatic heterocycles. The maximum absolute atomic E-state index is 12.3. The van der Waals surface area contributed by atoms with Gasteiger partial charge in [0, 0.05) is 12.0 Å². The van der Waals surface area contributed by atoms with Gasteiger partial charge >= 0.3 is 6.61 Å². The maximum atomic E-state index is 12.3. The summed E-state index contributed by atoms with van der Waals surface area (Å²) in [5, 5.41) is 6.31. The number of hydrogen-bond acceptors (Lipinski definition) is 3. The van der Waals surface area contributed by atoms with Crippen molar-refractivity contribution in [3.05, 3.63) is 29.8 Å². The third kappa shape index (κ3) is 5.95. The minimum absolute atomic E-state index is 0. The summed E-state index contributed by atoms with van der Waals surface area (Å²) in [7, 11) is 0. The Kier molecular flexibility index (Phi) is 7.72. The number of halogens is 3. The molecule has 1 amide bonds. The molecule has 3 atom stereocenters. The number of carbonyl (C=O) groups excluding carboxylic acids is 1. The molecule has 1 aromatic rings. The van der Waals surface area contributed by atoms with Crippen molar-refractivity contribution in [3.8, 4) is 5.75 Å². The van der Waals surface area contributed by atoms with Crippen LogP contribution in [-0.2, 0) is 4.79 Å². The minimum Gasteiger partial charge on any atom is -0.435 e. The molecule has 7 heteroatoms. The summed E-state index contributed by atoms with van der Waals surface area (Å²) in [6.07, 6.45) is 1.67. The van der Waals surface area contributed by atoms with Crippen molar-refractivity contribution in [3.63, 3.8) is 0 Å². The lowest BCUT2D eigenvalue weighted by Gasteiger charge is -2.28. The van der Waals surface area contributed by atoms with Crippen LogP contribution < -0.4 is 15.4 Å². The largest absolute Gasteiger partial charge is 0.435 e. The van der Waals surface area contributed by atoms with Gasteiger partial charge in [0.05, 0.1) is 6.04 Å². The average molecular weight is 349 g/mol. The summed E-state index contributed by atoms with van der Waals surface area (Å²) in [6.45, 7) is 1.98. The van der Waals surface area contributed by atoms with E-state index in [1.807, 2.05) is 6.92 Å². The molecule has 0 bridgehead atoms. The predicted octanol–water partition coefficient (Wildman–Crippen LogP) is 3.28. The molecule has 0 saturated carbocycles. The van der Waals surface area contributed by atoms with E-state index in [0.29, 0.717) is 6.04 Å². The number of ether oxygens (including phenoxy) is 1. The van der Waals surface area contributed by atoms with Gasteiger partial charge in [0.2, 0.25) is 5.91 Å². The van der Waals surface area contributed by atoms with Gasteiger partial charge in [0.25, 0.3) is 0 Å². The summed E-state index contributed by atoms with van der Waals surface area (Å²) >= 11 is 0. The third-order valence-electron chi connectivity index (χ3n) is 3.96. The molecule has 1 heterocycles. The molecule has 0 spiro atoms. The van der Waals surface area contributed by atoms with Crippen LogP contribution in [-0.4, -0.2) is 25.1 Å². The second-order valence-corrected chi connectivity index (χ2v) is 5.75. The maximum Gasteiger partial charge on any atom is 0.387 e. The Balaban J connectivity index is 0.00000264. The van der Waals surface area contributed by atoms with Crippen molar-refractivity contribution >= 4 is 18.3 Å². The van der Waals surface area contributed by atoms with Gasteiger partial charge in [-0.1, -0.05) is 12.1 Å². The van der Waals surface area contributed by atoms with E-state index in [4.69, 9.17) is 0 Å². The zero-order valence-electron chi connectivity index (χ0n) is 13.2. The van der Waals surface area contributed by atoms with Gasteiger partial charge in [-0.05, 0) is 50.9 Å². The van der Waals surface area contributed by atoms with E-state index >= 15 is 0 Å². The Morgan fingerprint density at radius 3 is 2.57 bits per heavy atom. The molecule has 2 N–H and O–H groups in total. The Morgan fingerprint density at radius 1 is 1.35 bits per heavy atom. The van der Waals surface area contributed by atoms with Gasteiger partial charge in [0.1, 0.15) is 5.75 Å². The number of amides is 1. The van der Waals surface area contributed by atoms with Crippen molar-refractivity contribution in [1.29, 1.82) is 0 Å². The lowest BCUT2D eigenvalue weighted by atomic mass is 9.92. The second kappa shape index (κ2) is 9.03. The first-order valence-electron chi connectivity index (χ1n) is 7.54. The van der Waals surface area contributed by atoms with Gasteiger partial charge in [-0.3, -0.25) is 4.79 Å². The zero-order chi connectivity index (χ0) is 16.1. The molecular formula is C16H23ClF2N2O2. The van der Waals surface area contributed by atoms with Crippen molar-refractivity contribution in [2.24, 2.45) is 5.92 Å². The lowest BCUT2D eigenvalue weighted by molar-refractivity contribution is -0.126. The molecule has 0 aliphatic carbocycles. The Morgan fingerprint density at radius 2 is 2.00 bits per heavy atom. The molecule has 4 nitrogen and oxygen atoms in total. The van der Waals surface area contributed by atoms with Crippen molar-refractivity contribution in [2.75, 3.05) is 6.54 Å². The van der Waals surface area contributed by atoms with E-state index in [-0.39, 0.29) is 36.0 Å². The number of alkyl halides is 2. The highest BCUT2D eigenvalue weighted by atomic mass is 35.5. The summed E-state index contributed by atoms with van der Waals surface area (Å²) < 4.78 is 28.5. The van der Waals surface area contributed by atoms with E-state index in [1.54, 1.807) is 12.1 Å². The average Bonchev–Trinajstić information content (AvgIpc) is 2.47. The second-order valence-electron chi connectivity index (χ2n) is 5.75. The van der Waals surface area contributed by atoms with Crippen LogP contribution in [0.15, 0.2) is 24.3 Å². The van der Waals surface area contributed by atoms with E-state index in [9.17, 15) is 13.6 Å². The summed E-state index contributed by atoms with van der Waals surface area (Å²) in [5.74, 6) is 0.193. The van der Waals surface area contributed by atoms with Crippen LogP contribution in [0.3, 0.4) is 0 Å². The summed E-state index contributed by atoms with van der Waals surface area (Å²) in [4.78, 5) is 12.3. The molecule has 1 aromatic carbocycles. The van der Waals surface area contributed by atoms with Gasteiger partial charge in [-0.15, -0.1) is 12.4 Å². The molecule has 2 rings (SSSR count). The molecular weight excluding hydrogens is 326 g/mol. The Hall–Kier alpha value is -1.40. The van der Waals surface area contributed by atoms with E-state index in [1.165, 1.54) is 12.1 Å². The van der Waals surface area contributed by atoms with Crippen LogP contribution in [0.2, 0.25) is 0 Å². The van der Waals surface area contributed by atoms with Crippen LogP contribution in [0.25, 0.3) is 0 Å². The van der Waals surface area contributed by atoms with Gasteiger partial charge in [0.15, 0.2) is 0 Å². The summed E-state index contributed by atoms with van der Waals surface area (Å²) in [6, 6.07) is 6.53. The number of benzene rings is 1. The highest BCUT2D eigenvalue weighted by Crippen LogP contribution is 2.21. The fourth-order valence-electron chi connectivity index (χ4n) is 2.72. The number of hydrogen-bond donors (Lipinski definition) is 2. The molecule has 1 unspecified atom stereocenters. The standard InChI is InChI=1S/C16H22F2N2O2.ClH/c1-10-9-13(7-8-19-10)15(21)20-11(2)12-3-5-14(6-4-12)22-16(17)18;/h3-6,10-11,13,16,19H,7-9H2,1-2H3,(H,20,21);1H/t10-,11?,13-;/m0./s1. The topological polar surface area (TPSA) is 50.4 Å². The van der Waals surface area contributed by atoms with Crippen LogP contribution in [0.4, 0.5) is 8.78 Å². The van der Waals surface area contributed by atoms with E-state index in [2.05, 4.69) is 22.3 Å². The monoisotopic (exact) mass is 348 g/mol. The number of nitrogens with one attached hydrogen (secondary N) is 2. The van der Waals surface area contributed by atoms with Crippen LogP contribution in [0, 0.1) is 5.92 Å². The molecule has 23 heavy (non-hydrogen) atoms. The SMILES string of the molecule is CC(NC(=O)[C@H]1CCN[C@@H](C)C1)c1ccc(OC(F)F)cc1.Cl. The van der Waals surface area contributed by atoms with Crippen molar-refractivity contribution < 1.29 is 18.3 Å². The first-order valence-corrected chi connectivity index (χ1v) is 7.54. The Bertz CT molecular complexity index is 499. The van der Waals surface area contributed by atoms with Crippen molar-refractivity contribution in [1.82, 2.24) is 10.6 Å². The van der Waals surface area contributed by atoms with Gasteiger partial charge in [-0.25, -0.2) is 0 Å². The third-order valence-corrected chi connectivity index (χ3v) is 3.96. The van der Waals surface area contributed by atoms with Crippen LogP contribution in [0.5, 0.6) is 5.75 Å². The molecule has 1 aliphatic heterocycles. The minimum atomic E-state index is -2.83. The summed E-state index contributed by atoms with van der Waals surface area (Å²) in [5.41, 5.74) is 0.858. The molecule has 130 valence electrons. The molecule has 1 aliphatic rings. The highest BCUT2D eigenvalue weighted by Gasteiger charge is 2.25. The molecule has 1 saturated heterocycles. The highest BCUT2D eigenvalue weighted by molar-refractivity contribution is 5.85. The predicted molar refractivity (Wildman–Crippen MR) is 87.1 cm³/mol. The first-order chi connectivity index (χ1) is 10.5. The first kappa shape index (κ1) is 19.6.